The summed E-state index contributed by atoms with van der Waals surface area (Å²) in [4.78, 5) is 0. The van der Waals surface area contributed by atoms with Gasteiger partial charge in [-0.25, -0.2) is 0 Å². The van der Waals surface area contributed by atoms with Gasteiger partial charge in [-0.3, -0.25) is 0 Å². The van der Waals surface area contributed by atoms with Crippen LogP contribution in [0, 0.1) is 0 Å². The lowest BCUT2D eigenvalue weighted by Crippen LogP contribution is -2.18. The highest BCUT2D eigenvalue weighted by Crippen LogP contribution is 2.39. The fourth-order valence-corrected chi connectivity index (χ4v) is 2.22. The van der Waals surface area contributed by atoms with Crippen molar-refractivity contribution >= 4 is 0 Å². The van der Waals surface area contributed by atoms with Gasteiger partial charge in [0, 0.05) is 12.0 Å². The standard InChI is InChI=1S/C14H20O3/c1-4-10-11(14(2,3)15)6-7-12-13(10)17-9-5-8-16-12/h6-7,15H,4-5,8-9H2,1-3H3. The third-order valence-corrected chi connectivity index (χ3v) is 3.03. The minimum atomic E-state index is -0.851. The molecular weight excluding hydrogens is 216 g/mol. The topological polar surface area (TPSA) is 38.7 Å². The number of hydrogen-bond acceptors (Lipinski definition) is 3. The van der Waals surface area contributed by atoms with Crippen LogP contribution in [-0.4, -0.2) is 18.3 Å². The predicted molar refractivity (Wildman–Crippen MR) is 66.7 cm³/mol. The summed E-state index contributed by atoms with van der Waals surface area (Å²) in [6.45, 7) is 7.03. The molecule has 2 rings (SSSR count). The van der Waals surface area contributed by atoms with Crippen molar-refractivity contribution in [3.8, 4) is 11.5 Å². The Balaban J connectivity index is 2.54. The Bertz CT molecular complexity index is 405. The summed E-state index contributed by atoms with van der Waals surface area (Å²) >= 11 is 0. The first-order valence-corrected chi connectivity index (χ1v) is 6.18. The first-order chi connectivity index (χ1) is 8.04. The smallest absolute Gasteiger partial charge is 0.164 e. The lowest BCUT2D eigenvalue weighted by Gasteiger charge is -2.24. The molecule has 1 aliphatic rings. The quantitative estimate of drug-likeness (QED) is 0.858. The van der Waals surface area contributed by atoms with Crippen LogP contribution in [0.4, 0.5) is 0 Å². The number of aliphatic hydroxyl groups is 1. The normalized spacial score (nSPS) is 15.5. The molecule has 0 saturated heterocycles. The van der Waals surface area contributed by atoms with Crippen molar-refractivity contribution < 1.29 is 14.6 Å². The number of hydrogen-bond donors (Lipinski definition) is 1. The Hall–Kier alpha value is -1.22. The van der Waals surface area contributed by atoms with Gasteiger partial charge in [0.2, 0.25) is 0 Å². The van der Waals surface area contributed by atoms with Crippen molar-refractivity contribution in [1.29, 1.82) is 0 Å². The van der Waals surface area contributed by atoms with Crippen molar-refractivity contribution in [2.75, 3.05) is 13.2 Å². The monoisotopic (exact) mass is 236 g/mol. The molecule has 0 atom stereocenters. The van der Waals surface area contributed by atoms with E-state index in [2.05, 4.69) is 6.92 Å². The van der Waals surface area contributed by atoms with E-state index in [-0.39, 0.29) is 0 Å². The molecule has 94 valence electrons. The van der Waals surface area contributed by atoms with E-state index >= 15 is 0 Å². The van der Waals surface area contributed by atoms with E-state index in [1.54, 1.807) is 13.8 Å². The van der Waals surface area contributed by atoms with Crippen LogP contribution in [-0.2, 0) is 12.0 Å². The molecule has 0 saturated carbocycles. The molecule has 0 amide bonds. The first-order valence-electron chi connectivity index (χ1n) is 6.18. The van der Waals surface area contributed by atoms with Crippen LogP contribution in [0.1, 0.15) is 38.3 Å². The minimum Gasteiger partial charge on any atom is -0.490 e. The van der Waals surface area contributed by atoms with Gasteiger partial charge in [-0.05, 0) is 31.9 Å². The van der Waals surface area contributed by atoms with E-state index in [0.29, 0.717) is 13.2 Å². The van der Waals surface area contributed by atoms with Crippen LogP contribution in [0.25, 0.3) is 0 Å². The summed E-state index contributed by atoms with van der Waals surface area (Å²) in [5, 5.41) is 10.2. The van der Waals surface area contributed by atoms with Gasteiger partial charge >= 0.3 is 0 Å². The summed E-state index contributed by atoms with van der Waals surface area (Å²) in [5.74, 6) is 1.61. The number of fused-ring (bicyclic) bond motifs is 1. The van der Waals surface area contributed by atoms with Crippen molar-refractivity contribution in [2.24, 2.45) is 0 Å². The summed E-state index contributed by atoms with van der Waals surface area (Å²) in [6.07, 6.45) is 1.72. The van der Waals surface area contributed by atoms with Gasteiger partial charge in [-0.15, -0.1) is 0 Å². The molecule has 0 spiro atoms. The maximum Gasteiger partial charge on any atom is 0.164 e. The molecule has 0 fully saturated rings. The Morgan fingerprint density at radius 2 is 1.94 bits per heavy atom. The SMILES string of the molecule is CCc1c(C(C)(C)O)ccc2c1OCCCO2. The van der Waals surface area contributed by atoms with Crippen molar-refractivity contribution in [2.45, 2.75) is 39.2 Å². The fourth-order valence-electron chi connectivity index (χ4n) is 2.22. The van der Waals surface area contributed by atoms with Gasteiger partial charge in [0.05, 0.1) is 18.8 Å². The molecule has 0 unspecified atom stereocenters. The molecule has 0 bridgehead atoms. The molecule has 0 aliphatic carbocycles. The lowest BCUT2D eigenvalue weighted by atomic mass is 9.91. The van der Waals surface area contributed by atoms with E-state index in [1.165, 1.54) is 0 Å². The van der Waals surface area contributed by atoms with Crippen LogP contribution in [0.15, 0.2) is 12.1 Å². The minimum absolute atomic E-state index is 0.676. The fraction of sp³-hybridized carbons (Fsp3) is 0.571. The van der Waals surface area contributed by atoms with Crippen molar-refractivity contribution in [1.82, 2.24) is 0 Å². The molecule has 1 aromatic rings. The van der Waals surface area contributed by atoms with Gasteiger partial charge < -0.3 is 14.6 Å². The van der Waals surface area contributed by atoms with E-state index in [0.717, 1.165) is 35.5 Å². The first kappa shape index (κ1) is 12.2. The second kappa shape index (κ2) is 4.57. The molecule has 3 heteroatoms. The molecule has 1 N–H and O–H groups in total. The largest absolute Gasteiger partial charge is 0.490 e. The zero-order valence-electron chi connectivity index (χ0n) is 10.7. The Labute approximate surface area is 102 Å². The summed E-state index contributed by atoms with van der Waals surface area (Å²) in [6, 6.07) is 3.83. The highest BCUT2D eigenvalue weighted by atomic mass is 16.5. The van der Waals surface area contributed by atoms with E-state index in [4.69, 9.17) is 9.47 Å². The molecule has 3 nitrogen and oxygen atoms in total. The molecule has 17 heavy (non-hydrogen) atoms. The van der Waals surface area contributed by atoms with Crippen LogP contribution < -0.4 is 9.47 Å². The maximum absolute atomic E-state index is 10.2. The van der Waals surface area contributed by atoms with Gasteiger partial charge in [-0.1, -0.05) is 13.0 Å². The number of ether oxygens (including phenoxy) is 2. The Morgan fingerprint density at radius 1 is 1.24 bits per heavy atom. The van der Waals surface area contributed by atoms with Gasteiger partial charge in [0.25, 0.3) is 0 Å². The lowest BCUT2D eigenvalue weighted by molar-refractivity contribution is 0.0772. The van der Waals surface area contributed by atoms with Gasteiger partial charge in [-0.2, -0.15) is 0 Å². The van der Waals surface area contributed by atoms with Crippen molar-refractivity contribution in [3.05, 3.63) is 23.3 Å². The highest BCUT2D eigenvalue weighted by Gasteiger charge is 2.25. The number of rotatable bonds is 2. The summed E-state index contributed by atoms with van der Waals surface area (Å²) in [7, 11) is 0. The zero-order chi connectivity index (χ0) is 12.5. The Morgan fingerprint density at radius 3 is 2.59 bits per heavy atom. The highest BCUT2D eigenvalue weighted by molar-refractivity contribution is 5.52. The van der Waals surface area contributed by atoms with E-state index in [9.17, 15) is 5.11 Å². The molecule has 0 aromatic heterocycles. The molecule has 0 radical (unpaired) electrons. The van der Waals surface area contributed by atoms with Gasteiger partial charge in [0.15, 0.2) is 11.5 Å². The second-order valence-corrected chi connectivity index (χ2v) is 4.88. The summed E-state index contributed by atoms with van der Waals surface area (Å²) < 4.78 is 11.4. The third-order valence-electron chi connectivity index (χ3n) is 3.03. The molecule has 1 heterocycles. The molecule has 1 aliphatic heterocycles. The van der Waals surface area contributed by atoms with Crippen LogP contribution in [0.2, 0.25) is 0 Å². The van der Waals surface area contributed by atoms with E-state index < -0.39 is 5.60 Å². The summed E-state index contributed by atoms with van der Waals surface area (Å²) in [5.41, 5.74) is 1.12. The maximum atomic E-state index is 10.2. The average molecular weight is 236 g/mol. The predicted octanol–water partition coefficient (Wildman–Crippen LogP) is 2.64. The van der Waals surface area contributed by atoms with Crippen molar-refractivity contribution in [3.63, 3.8) is 0 Å². The van der Waals surface area contributed by atoms with E-state index in [1.807, 2.05) is 12.1 Å². The van der Waals surface area contributed by atoms with Crippen LogP contribution in [0.5, 0.6) is 11.5 Å². The van der Waals surface area contributed by atoms with Crippen LogP contribution >= 0.6 is 0 Å². The number of benzene rings is 1. The second-order valence-electron chi connectivity index (χ2n) is 4.88. The third kappa shape index (κ3) is 2.39. The van der Waals surface area contributed by atoms with Crippen LogP contribution in [0.3, 0.4) is 0 Å². The molecule has 1 aromatic carbocycles. The van der Waals surface area contributed by atoms with Gasteiger partial charge in [0.1, 0.15) is 0 Å². The Kier molecular flexibility index (Phi) is 3.29. The zero-order valence-corrected chi connectivity index (χ0v) is 10.7. The molecular formula is C14H20O3. The average Bonchev–Trinajstić information content (AvgIpc) is 2.50.